The molecule has 1 atom stereocenters. The molecule has 15 heavy (non-hydrogen) atoms. The summed E-state index contributed by atoms with van der Waals surface area (Å²) in [7, 11) is -1.73. The van der Waals surface area contributed by atoms with Crippen LogP contribution in [-0.4, -0.2) is 36.6 Å². The quantitative estimate of drug-likeness (QED) is 0.706. The minimum absolute atomic E-state index is 0.0696. The molecular weight excluding hydrogens is 232 g/mol. The van der Waals surface area contributed by atoms with E-state index in [0.29, 0.717) is 18.9 Å². The fourth-order valence-electron chi connectivity index (χ4n) is 1.54. The van der Waals surface area contributed by atoms with Gasteiger partial charge in [0.25, 0.3) is 0 Å². The van der Waals surface area contributed by atoms with Crippen LogP contribution in [0.1, 0.15) is 26.2 Å². The Morgan fingerprint density at radius 2 is 2.13 bits per heavy atom. The van der Waals surface area contributed by atoms with Crippen LogP contribution in [0.25, 0.3) is 0 Å². The molecule has 1 aliphatic carbocycles. The van der Waals surface area contributed by atoms with Crippen LogP contribution in [0, 0.1) is 5.92 Å². The molecule has 0 spiro atoms. The molecule has 0 aromatic heterocycles. The van der Waals surface area contributed by atoms with Gasteiger partial charge in [-0.1, -0.05) is 19.1 Å². The Labute approximate surface area is 96.9 Å². The van der Waals surface area contributed by atoms with Gasteiger partial charge in [-0.25, -0.2) is 12.7 Å². The zero-order valence-corrected chi connectivity index (χ0v) is 10.8. The molecule has 1 saturated carbocycles. The third kappa shape index (κ3) is 3.12. The summed E-state index contributed by atoms with van der Waals surface area (Å²) in [5.74, 6) is 0.536. The summed E-state index contributed by atoms with van der Waals surface area (Å²) in [4.78, 5) is 0.0696. The van der Waals surface area contributed by atoms with Crippen molar-refractivity contribution in [3.8, 4) is 0 Å². The fraction of sp³-hybridized carbons (Fsp3) is 0.889. The summed E-state index contributed by atoms with van der Waals surface area (Å²) in [5, 5.41) is -0.712. The van der Waals surface area contributed by atoms with Gasteiger partial charge in [-0.05, 0) is 25.2 Å². The Morgan fingerprint density at radius 3 is 2.47 bits per heavy atom. The van der Waals surface area contributed by atoms with Crippen molar-refractivity contribution in [2.45, 2.75) is 31.4 Å². The second-order valence-electron chi connectivity index (χ2n) is 4.07. The average Bonchev–Trinajstić information content (AvgIpc) is 2.87. The fourth-order valence-corrected chi connectivity index (χ4v) is 3.64. The van der Waals surface area contributed by atoms with Gasteiger partial charge in [0.2, 0.25) is 10.0 Å². The van der Waals surface area contributed by atoms with Crippen LogP contribution < -0.4 is 5.73 Å². The smallest absolute Gasteiger partial charge is 0.223 e. The number of sulfonamides is 1. The molecule has 6 heteroatoms. The van der Waals surface area contributed by atoms with Crippen molar-refractivity contribution in [1.82, 2.24) is 4.31 Å². The maximum Gasteiger partial charge on any atom is 0.223 e. The van der Waals surface area contributed by atoms with Crippen LogP contribution in [0.15, 0.2) is 0 Å². The highest BCUT2D eigenvalue weighted by Crippen LogP contribution is 2.30. The second kappa shape index (κ2) is 4.76. The van der Waals surface area contributed by atoms with Crippen molar-refractivity contribution in [2.24, 2.45) is 11.7 Å². The van der Waals surface area contributed by atoms with Gasteiger partial charge >= 0.3 is 0 Å². The lowest BCUT2D eigenvalue weighted by atomic mass is 10.3. The first kappa shape index (κ1) is 12.9. The van der Waals surface area contributed by atoms with Crippen LogP contribution in [-0.2, 0) is 10.0 Å². The number of thiocarbonyl (C=S) groups is 1. The van der Waals surface area contributed by atoms with Gasteiger partial charge in [0.15, 0.2) is 0 Å². The maximum atomic E-state index is 12.0. The van der Waals surface area contributed by atoms with Crippen molar-refractivity contribution in [3.05, 3.63) is 0 Å². The number of rotatable bonds is 6. The van der Waals surface area contributed by atoms with E-state index in [0.717, 1.165) is 12.8 Å². The molecule has 0 bridgehead atoms. The van der Waals surface area contributed by atoms with E-state index in [1.807, 2.05) is 0 Å². The highest BCUT2D eigenvalue weighted by molar-refractivity contribution is 7.92. The van der Waals surface area contributed by atoms with E-state index in [9.17, 15) is 8.42 Å². The molecule has 88 valence electrons. The van der Waals surface area contributed by atoms with Gasteiger partial charge in [-0.2, -0.15) is 0 Å². The number of nitrogens with two attached hydrogens (primary N) is 1. The van der Waals surface area contributed by atoms with E-state index in [4.69, 9.17) is 18.0 Å². The normalized spacial score (nSPS) is 19.1. The number of hydrogen-bond acceptors (Lipinski definition) is 3. The molecule has 0 radical (unpaired) electrons. The van der Waals surface area contributed by atoms with Gasteiger partial charge in [-0.3, -0.25) is 0 Å². The Hall–Kier alpha value is -0.200. The lowest BCUT2D eigenvalue weighted by molar-refractivity contribution is 0.448. The molecule has 0 aromatic rings. The molecule has 0 aliphatic heterocycles. The molecule has 1 fully saturated rings. The molecule has 0 saturated heterocycles. The van der Waals surface area contributed by atoms with Gasteiger partial charge in [0, 0.05) is 13.6 Å². The van der Waals surface area contributed by atoms with E-state index in [1.54, 1.807) is 14.0 Å². The van der Waals surface area contributed by atoms with E-state index in [2.05, 4.69) is 0 Å². The molecule has 2 N–H and O–H groups in total. The number of hydrogen-bond donors (Lipinski definition) is 1. The van der Waals surface area contributed by atoms with Crippen LogP contribution >= 0.6 is 12.2 Å². The monoisotopic (exact) mass is 250 g/mol. The summed E-state index contributed by atoms with van der Waals surface area (Å²) in [5.41, 5.74) is 5.44. The summed E-state index contributed by atoms with van der Waals surface area (Å²) in [6.07, 6.45) is 2.69. The molecule has 0 amide bonds. The molecular formula is C9H18N2O2S2. The van der Waals surface area contributed by atoms with Crippen LogP contribution in [0.4, 0.5) is 0 Å². The largest absolute Gasteiger partial charge is 0.392 e. The van der Waals surface area contributed by atoms with Gasteiger partial charge in [0.05, 0.1) is 4.99 Å². The number of nitrogens with zero attached hydrogens (tertiary/aromatic N) is 1. The third-order valence-electron chi connectivity index (χ3n) is 2.69. The first-order valence-electron chi connectivity index (χ1n) is 5.14. The summed E-state index contributed by atoms with van der Waals surface area (Å²) in [6, 6.07) is 0. The van der Waals surface area contributed by atoms with Gasteiger partial charge in [-0.15, -0.1) is 0 Å². The summed E-state index contributed by atoms with van der Waals surface area (Å²) in [6.45, 7) is 2.38. The molecule has 0 heterocycles. The van der Waals surface area contributed by atoms with Crippen molar-refractivity contribution < 1.29 is 8.42 Å². The topological polar surface area (TPSA) is 63.4 Å². The Balaban J connectivity index is 2.73. The van der Waals surface area contributed by atoms with Crippen LogP contribution in [0.5, 0.6) is 0 Å². The molecule has 1 aliphatic rings. The highest BCUT2D eigenvalue weighted by Gasteiger charge is 2.34. The summed E-state index contributed by atoms with van der Waals surface area (Å²) >= 11 is 4.78. The van der Waals surface area contributed by atoms with Crippen molar-refractivity contribution >= 4 is 27.2 Å². The van der Waals surface area contributed by atoms with Crippen LogP contribution in [0.3, 0.4) is 0 Å². The predicted octanol–water partition coefficient (Wildman–Crippen LogP) is 0.723. The minimum atomic E-state index is -3.34. The van der Waals surface area contributed by atoms with Crippen molar-refractivity contribution in [3.63, 3.8) is 0 Å². The Kier molecular flexibility index (Phi) is 4.08. The molecule has 4 nitrogen and oxygen atoms in total. The lowest BCUT2D eigenvalue weighted by Crippen LogP contribution is -2.43. The van der Waals surface area contributed by atoms with Crippen LogP contribution in [0.2, 0.25) is 0 Å². The predicted molar refractivity (Wildman–Crippen MR) is 65.1 cm³/mol. The zero-order valence-electron chi connectivity index (χ0n) is 9.14. The minimum Gasteiger partial charge on any atom is -0.392 e. The Bertz CT molecular complexity index is 336. The molecule has 0 aromatic carbocycles. The van der Waals surface area contributed by atoms with E-state index in [-0.39, 0.29) is 4.99 Å². The van der Waals surface area contributed by atoms with E-state index < -0.39 is 15.3 Å². The van der Waals surface area contributed by atoms with Gasteiger partial charge < -0.3 is 5.73 Å². The van der Waals surface area contributed by atoms with E-state index in [1.165, 1.54) is 4.31 Å². The van der Waals surface area contributed by atoms with Crippen molar-refractivity contribution in [1.29, 1.82) is 0 Å². The van der Waals surface area contributed by atoms with Gasteiger partial charge in [0.1, 0.15) is 5.25 Å². The second-order valence-corrected chi connectivity index (χ2v) is 6.76. The molecule has 1 rings (SSSR count). The first-order chi connectivity index (χ1) is 6.89. The van der Waals surface area contributed by atoms with E-state index >= 15 is 0 Å². The van der Waals surface area contributed by atoms with Crippen molar-refractivity contribution in [2.75, 3.05) is 13.6 Å². The zero-order chi connectivity index (χ0) is 11.6. The first-order valence-corrected chi connectivity index (χ1v) is 7.05. The molecule has 1 unspecified atom stereocenters. The standard InChI is InChI=1S/C9H18N2O2S2/c1-3-8(9(10)14)15(12,13)11(2)6-7-4-5-7/h7-8H,3-6H2,1-2H3,(H2,10,14). The Morgan fingerprint density at radius 1 is 1.60 bits per heavy atom. The average molecular weight is 250 g/mol. The maximum absolute atomic E-state index is 12.0. The summed E-state index contributed by atoms with van der Waals surface area (Å²) < 4.78 is 25.5. The SMILES string of the molecule is CCC(C(N)=S)S(=O)(=O)N(C)CC1CC1. The lowest BCUT2D eigenvalue weighted by Gasteiger charge is -2.22. The third-order valence-corrected chi connectivity index (χ3v) is 5.45. The highest BCUT2D eigenvalue weighted by atomic mass is 32.2.